The number of halogens is 2. The fraction of sp³-hybridized carbons (Fsp3) is 0.636. The van der Waals surface area contributed by atoms with Crippen LogP contribution in [0.3, 0.4) is 0 Å². The molecule has 1 aromatic heterocycles. The molecular weight excluding hydrogens is 407 g/mol. The van der Waals surface area contributed by atoms with E-state index in [1.165, 1.54) is 51.9 Å². The van der Waals surface area contributed by atoms with Gasteiger partial charge in [-0.3, -0.25) is 4.79 Å². The number of rotatable bonds is 9. The summed E-state index contributed by atoms with van der Waals surface area (Å²) in [5.74, 6) is 5.32. The first-order valence-corrected chi connectivity index (χ1v) is 10.6. The summed E-state index contributed by atoms with van der Waals surface area (Å²) in [6.45, 7) is 8.26. The van der Waals surface area contributed by atoms with E-state index in [-0.39, 0.29) is 16.2 Å². The maximum absolute atomic E-state index is 13.5. The van der Waals surface area contributed by atoms with Crippen molar-refractivity contribution in [2.75, 3.05) is 5.32 Å². The fourth-order valence-corrected chi connectivity index (χ4v) is 3.05. The van der Waals surface area contributed by atoms with Crippen molar-refractivity contribution in [1.82, 2.24) is 4.98 Å². The predicted octanol–water partition coefficient (Wildman–Crippen LogP) is 6.85. The standard InChI is InChI=1S/C22H32BrFN2O/c1-17(27)25-21-18(16-19(23)20(24)26-21)14-12-10-8-6-5-7-9-11-13-15-22(2,3)4/h16H,5-11,13,15H2,1-4H3,(H,25,26,27). The third-order valence-electron chi connectivity index (χ3n) is 4.18. The highest BCUT2D eigenvalue weighted by Crippen LogP contribution is 2.23. The number of carbonyl (C=O) groups is 1. The Hall–Kier alpha value is -1.41. The van der Waals surface area contributed by atoms with E-state index in [2.05, 4.69) is 58.8 Å². The Labute approximate surface area is 172 Å². The molecule has 0 aliphatic carbocycles. The normalized spacial score (nSPS) is 11.0. The van der Waals surface area contributed by atoms with Crippen LogP contribution in [0.2, 0.25) is 0 Å². The Balaban J connectivity index is 2.29. The van der Waals surface area contributed by atoms with E-state index in [9.17, 15) is 9.18 Å². The van der Waals surface area contributed by atoms with Crippen molar-refractivity contribution in [2.45, 2.75) is 85.5 Å². The molecule has 1 amide bonds. The van der Waals surface area contributed by atoms with Gasteiger partial charge in [-0.05, 0) is 40.3 Å². The number of amides is 1. The fourth-order valence-electron chi connectivity index (χ4n) is 2.73. The van der Waals surface area contributed by atoms with Gasteiger partial charge >= 0.3 is 0 Å². The van der Waals surface area contributed by atoms with Crippen LogP contribution in [0, 0.1) is 23.2 Å². The van der Waals surface area contributed by atoms with Gasteiger partial charge in [-0.2, -0.15) is 9.37 Å². The van der Waals surface area contributed by atoms with Crippen molar-refractivity contribution in [3.63, 3.8) is 0 Å². The monoisotopic (exact) mass is 438 g/mol. The predicted molar refractivity (Wildman–Crippen MR) is 114 cm³/mol. The molecule has 3 nitrogen and oxygen atoms in total. The third kappa shape index (κ3) is 11.1. The molecule has 0 atom stereocenters. The van der Waals surface area contributed by atoms with Gasteiger partial charge in [0.2, 0.25) is 11.9 Å². The molecule has 1 aromatic rings. The maximum atomic E-state index is 13.5. The van der Waals surface area contributed by atoms with Crippen molar-refractivity contribution < 1.29 is 9.18 Å². The van der Waals surface area contributed by atoms with Gasteiger partial charge in [0, 0.05) is 13.3 Å². The van der Waals surface area contributed by atoms with Crippen molar-refractivity contribution >= 4 is 27.7 Å². The second-order valence-corrected chi connectivity index (χ2v) is 9.03. The molecule has 0 spiro atoms. The lowest BCUT2D eigenvalue weighted by atomic mass is 9.89. The first-order valence-electron chi connectivity index (χ1n) is 9.81. The van der Waals surface area contributed by atoms with E-state index >= 15 is 0 Å². The molecule has 1 rings (SSSR count). The Morgan fingerprint density at radius 1 is 1.15 bits per heavy atom. The van der Waals surface area contributed by atoms with Crippen LogP contribution in [0.5, 0.6) is 0 Å². The molecule has 5 heteroatoms. The second-order valence-electron chi connectivity index (χ2n) is 8.18. The van der Waals surface area contributed by atoms with Gasteiger partial charge in [0.05, 0.1) is 10.0 Å². The van der Waals surface area contributed by atoms with Crippen LogP contribution >= 0.6 is 15.9 Å². The number of unbranched alkanes of at least 4 members (excludes halogenated alkanes) is 7. The van der Waals surface area contributed by atoms with E-state index in [1.54, 1.807) is 6.07 Å². The lowest BCUT2D eigenvalue weighted by Crippen LogP contribution is -2.10. The van der Waals surface area contributed by atoms with Gasteiger partial charge in [0.1, 0.15) is 0 Å². The molecule has 0 radical (unpaired) electrons. The van der Waals surface area contributed by atoms with Crippen LogP contribution in [-0.4, -0.2) is 10.9 Å². The number of nitrogens with one attached hydrogen (secondary N) is 1. The molecule has 150 valence electrons. The van der Waals surface area contributed by atoms with Crippen LogP contribution in [-0.2, 0) is 4.79 Å². The van der Waals surface area contributed by atoms with Crippen molar-refractivity contribution in [3.05, 3.63) is 22.1 Å². The molecular formula is C22H32BrFN2O. The topological polar surface area (TPSA) is 42.0 Å². The van der Waals surface area contributed by atoms with Crippen molar-refractivity contribution in [1.29, 1.82) is 0 Å². The van der Waals surface area contributed by atoms with E-state index in [4.69, 9.17) is 0 Å². The van der Waals surface area contributed by atoms with E-state index in [0.29, 0.717) is 11.0 Å². The van der Waals surface area contributed by atoms with Crippen LogP contribution in [0.25, 0.3) is 0 Å². The number of nitrogens with zero attached hydrogens (tertiary/aromatic N) is 1. The summed E-state index contributed by atoms with van der Waals surface area (Å²) in [6, 6.07) is 1.55. The molecule has 27 heavy (non-hydrogen) atoms. The molecule has 0 saturated heterocycles. The SMILES string of the molecule is CC(=O)Nc1nc(F)c(Br)cc1C#CCCCCCCCCCC(C)(C)C. The average Bonchev–Trinajstić information content (AvgIpc) is 2.55. The Morgan fingerprint density at radius 2 is 1.74 bits per heavy atom. The largest absolute Gasteiger partial charge is 0.310 e. The lowest BCUT2D eigenvalue weighted by Gasteiger charge is -2.17. The summed E-state index contributed by atoms with van der Waals surface area (Å²) in [7, 11) is 0. The summed E-state index contributed by atoms with van der Waals surface area (Å²) in [5, 5.41) is 2.52. The number of aromatic nitrogens is 1. The number of anilines is 1. The van der Waals surface area contributed by atoms with Gasteiger partial charge in [0.15, 0.2) is 5.82 Å². The third-order valence-corrected chi connectivity index (χ3v) is 4.74. The molecule has 0 aliphatic heterocycles. The number of pyridine rings is 1. The average molecular weight is 439 g/mol. The molecule has 0 aromatic carbocycles. The number of carbonyl (C=O) groups excluding carboxylic acids is 1. The van der Waals surface area contributed by atoms with E-state index in [0.717, 1.165) is 12.8 Å². The summed E-state index contributed by atoms with van der Waals surface area (Å²) in [4.78, 5) is 15.0. The first-order chi connectivity index (χ1) is 12.7. The molecule has 0 aliphatic rings. The molecule has 1 heterocycles. The van der Waals surface area contributed by atoms with Crippen LogP contribution in [0.1, 0.15) is 91.0 Å². The molecule has 0 unspecified atom stereocenters. The quantitative estimate of drug-likeness (QED) is 0.260. The summed E-state index contributed by atoms with van der Waals surface area (Å²) in [6.07, 6.45) is 10.8. The Morgan fingerprint density at radius 3 is 2.33 bits per heavy atom. The maximum Gasteiger partial charge on any atom is 0.229 e. The van der Waals surface area contributed by atoms with Gasteiger partial charge in [0.25, 0.3) is 0 Å². The Kier molecular flexibility index (Phi) is 10.6. The summed E-state index contributed by atoms with van der Waals surface area (Å²) < 4.78 is 13.8. The Bertz CT molecular complexity index is 671. The summed E-state index contributed by atoms with van der Waals surface area (Å²) in [5.41, 5.74) is 0.978. The van der Waals surface area contributed by atoms with Gasteiger partial charge in [-0.15, -0.1) is 0 Å². The van der Waals surface area contributed by atoms with E-state index < -0.39 is 5.95 Å². The zero-order chi connectivity index (χ0) is 20.3. The number of hydrogen-bond donors (Lipinski definition) is 1. The van der Waals surface area contributed by atoms with Crippen molar-refractivity contribution in [3.8, 4) is 11.8 Å². The van der Waals surface area contributed by atoms with Crippen molar-refractivity contribution in [2.24, 2.45) is 5.41 Å². The van der Waals surface area contributed by atoms with Crippen LogP contribution in [0.4, 0.5) is 10.2 Å². The van der Waals surface area contributed by atoms with Gasteiger partial charge < -0.3 is 5.32 Å². The van der Waals surface area contributed by atoms with Gasteiger partial charge in [-0.25, -0.2) is 0 Å². The molecule has 0 fully saturated rings. The van der Waals surface area contributed by atoms with Gasteiger partial charge in [-0.1, -0.05) is 71.1 Å². The first kappa shape index (κ1) is 23.6. The zero-order valence-corrected chi connectivity index (χ0v) is 18.6. The van der Waals surface area contributed by atoms with Crippen LogP contribution in [0.15, 0.2) is 10.5 Å². The zero-order valence-electron chi connectivity index (χ0n) is 17.1. The minimum Gasteiger partial charge on any atom is -0.310 e. The minimum atomic E-state index is -0.660. The smallest absolute Gasteiger partial charge is 0.229 e. The summed E-state index contributed by atoms with van der Waals surface area (Å²) >= 11 is 3.11. The highest BCUT2D eigenvalue weighted by atomic mass is 79.9. The van der Waals surface area contributed by atoms with E-state index in [1.807, 2.05) is 0 Å². The molecule has 1 N–H and O–H groups in total. The second kappa shape index (κ2) is 12.1. The molecule has 0 bridgehead atoms. The lowest BCUT2D eigenvalue weighted by molar-refractivity contribution is -0.114. The van der Waals surface area contributed by atoms with Crippen LogP contribution < -0.4 is 5.32 Å². The molecule has 0 saturated carbocycles. The highest BCUT2D eigenvalue weighted by Gasteiger charge is 2.10. The highest BCUT2D eigenvalue weighted by molar-refractivity contribution is 9.10. The minimum absolute atomic E-state index is 0.172. The number of hydrogen-bond acceptors (Lipinski definition) is 2.